The Labute approximate surface area is 151 Å². The molecule has 2 atom stereocenters. The van der Waals surface area contributed by atoms with Crippen LogP contribution in [0.3, 0.4) is 0 Å². The van der Waals surface area contributed by atoms with Crippen LogP contribution in [0.4, 0.5) is 0 Å². The van der Waals surface area contributed by atoms with E-state index in [0.717, 1.165) is 18.7 Å². The van der Waals surface area contributed by atoms with Crippen LogP contribution >= 0.6 is 23.2 Å². The smallest absolute Gasteiger partial charge is 0.191 e. The zero-order valence-corrected chi connectivity index (χ0v) is 14.5. The fraction of sp³-hybridized carbons (Fsp3) is 0.278. The number of aryl methyl sites for hydroxylation is 1. The molecule has 2 aromatic rings. The van der Waals surface area contributed by atoms with Crippen LogP contribution in [0.15, 0.2) is 72.3 Å². The molecule has 0 amide bonds. The van der Waals surface area contributed by atoms with Gasteiger partial charge in [-0.15, -0.1) is 0 Å². The van der Waals surface area contributed by atoms with Gasteiger partial charge in [-0.25, -0.2) is 4.98 Å². The Hall–Kier alpha value is -1.75. The molecule has 0 saturated carbocycles. The lowest BCUT2D eigenvalue weighted by atomic mass is 9.93. The summed E-state index contributed by atoms with van der Waals surface area (Å²) in [6.45, 7) is 0.835. The molecule has 24 heavy (non-hydrogen) atoms. The number of aromatic nitrogens is 2. The molecule has 0 radical (unpaired) electrons. The Bertz CT molecular complexity index is 701. The number of rotatable bonds is 7. The Morgan fingerprint density at radius 3 is 2.83 bits per heavy atom. The molecule has 1 aliphatic carbocycles. The number of ether oxygens (including phenoxy) is 2. The maximum atomic E-state index is 6.70. The summed E-state index contributed by atoms with van der Waals surface area (Å²) in [4.78, 5) is 4.05. The number of nitrogens with zero attached hydrogens (tertiary/aromatic N) is 2. The van der Waals surface area contributed by atoms with Crippen molar-refractivity contribution >= 4 is 23.2 Å². The predicted molar refractivity (Wildman–Crippen MR) is 95.0 cm³/mol. The van der Waals surface area contributed by atoms with Crippen molar-refractivity contribution in [3.8, 4) is 5.75 Å². The molecule has 3 rings (SSSR count). The SMILES string of the molecule is ClC1=CC(Cl)(OCOc2ccccc2)C(CCn2ccnc2)C=C1. The quantitative estimate of drug-likeness (QED) is 0.533. The average Bonchev–Trinajstić information content (AvgIpc) is 3.08. The van der Waals surface area contributed by atoms with Gasteiger partial charge in [0.15, 0.2) is 11.9 Å². The zero-order valence-electron chi connectivity index (χ0n) is 13.0. The molecule has 1 aliphatic rings. The zero-order chi connectivity index (χ0) is 16.8. The van der Waals surface area contributed by atoms with Crippen molar-refractivity contribution < 1.29 is 9.47 Å². The van der Waals surface area contributed by atoms with Gasteiger partial charge >= 0.3 is 0 Å². The summed E-state index contributed by atoms with van der Waals surface area (Å²) < 4.78 is 13.4. The minimum absolute atomic E-state index is 0.0246. The molecule has 126 valence electrons. The maximum Gasteiger partial charge on any atom is 0.191 e. The highest BCUT2D eigenvalue weighted by atomic mass is 35.5. The summed E-state index contributed by atoms with van der Waals surface area (Å²) >= 11 is 12.8. The molecule has 0 saturated heterocycles. The molecule has 0 spiro atoms. The second kappa shape index (κ2) is 7.88. The molecule has 2 unspecified atom stereocenters. The topological polar surface area (TPSA) is 36.3 Å². The van der Waals surface area contributed by atoms with Crippen LogP contribution in [0.2, 0.25) is 0 Å². The molecule has 0 aliphatic heterocycles. The van der Waals surface area contributed by atoms with Crippen LogP contribution in [0.25, 0.3) is 0 Å². The van der Waals surface area contributed by atoms with Crippen LogP contribution in [-0.4, -0.2) is 21.4 Å². The molecule has 1 heterocycles. The number of hydrogen-bond acceptors (Lipinski definition) is 3. The fourth-order valence-corrected chi connectivity index (χ4v) is 3.17. The number of alkyl halides is 1. The number of allylic oxidation sites excluding steroid dienone is 2. The fourth-order valence-electron chi connectivity index (χ4n) is 2.54. The van der Waals surface area contributed by atoms with E-state index in [1.54, 1.807) is 18.6 Å². The molecular weight excluding hydrogens is 347 g/mol. The van der Waals surface area contributed by atoms with Gasteiger partial charge in [-0.3, -0.25) is 0 Å². The monoisotopic (exact) mass is 364 g/mol. The van der Waals surface area contributed by atoms with Gasteiger partial charge in [0.25, 0.3) is 0 Å². The summed E-state index contributed by atoms with van der Waals surface area (Å²) in [6, 6.07) is 9.46. The normalized spacial score (nSPS) is 23.1. The number of imidazole rings is 1. The van der Waals surface area contributed by atoms with Gasteiger partial charge in [0.2, 0.25) is 0 Å². The van der Waals surface area contributed by atoms with Crippen molar-refractivity contribution in [2.45, 2.75) is 18.0 Å². The minimum Gasteiger partial charge on any atom is -0.467 e. The first-order valence-corrected chi connectivity index (χ1v) is 8.44. The third kappa shape index (κ3) is 4.41. The summed E-state index contributed by atoms with van der Waals surface area (Å²) in [7, 11) is 0. The van der Waals surface area contributed by atoms with Crippen molar-refractivity contribution in [1.29, 1.82) is 0 Å². The Morgan fingerprint density at radius 2 is 2.08 bits per heavy atom. The van der Waals surface area contributed by atoms with Crippen molar-refractivity contribution in [3.05, 3.63) is 72.3 Å². The highest BCUT2D eigenvalue weighted by Crippen LogP contribution is 2.38. The van der Waals surface area contributed by atoms with Gasteiger partial charge in [0, 0.05) is 29.9 Å². The molecule has 0 bridgehead atoms. The van der Waals surface area contributed by atoms with Crippen molar-refractivity contribution in [2.24, 2.45) is 5.92 Å². The lowest BCUT2D eigenvalue weighted by Gasteiger charge is -2.33. The van der Waals surface area contributed by atoms with Crippen molar-refractivity contribution in [3.63, 3.8) is 0 Å². The van der Waals surface area contributed by atoms with Crippen LogP contribution in [-0.2, 0) is 11.3 Å². The minimum atomic E-state index is -1.03. The first kappa shape index (κ1) is 17.1. The standard InChI is InChI=1S/C18H18Cl2N2O2/c19-16-7-6-15(8-10-22-11-9-21-13-22)18(20,12-16)24-14-23-17-4-2-1-3-5-17/h1-7,9,11-13,15H,8,10,14H2. The molecule has 1 aromatic heterocycles. The second-order valence-electron chi connectivity index (χ2n) is 5.50. The summed E-state index contributed by atoms with van der Waals surface area (Å²) in [5.41, 5.74) is 0. The van der Waals surface area contributed by atoms with Gasteiger partial charge in [0.05, 0.1) is 6.33 Å². The Morgan fingerprint density at radius 1 is 1.25 bits per heavy atom. The van der Waals surface area contributed by atoms with Crippen LogP contribution in [0, 0.1) is 5.92 Å². The third-order valence-corrected chi connectivity index (χ3v) is 4.57. The summed E-state index contributed by atoms with van der Waals surface area (Å²) in [6.07, 6.45) is 11.8. The van der Waals surface area contributed by atoms with Crippen LogP contribution < -0.4 is 4.74 Å². The highest BCUT2D eigenvalue weighted by Gasteiger charge is 2.37. The van der Waals surface area contributed by atoms with Gasteiger partial charge in [-0.1, -0.05) is 47.5 Å². The van der Waals surface area contributed by atoms with Crippen LogP contribution in [0.5, 0.6) is 5.75 Å². The number of benzene rings is 1. The molecule has 0 N–H and O–H groups in total. The average molecular weight is 365 g/mol. The highest BCUT2D eigenvalue weighted by molar-refractivity contribution is 6.33. The van der Waals surface area contributed by atoms with E-state index in [4.69, 9.17) is 32.7 Å². The molecular formula is C18H18Cl2N2O2. The maximum absolute atomic E-state index is 6.70. The number of para-hydroxylation sites is 1. The van der Waals surface area contributed by atoms with E-state index in [1.165, 1.54) is 0 Å². The van der Waals surface area contributed by atoms with E-state index in [9.17, 15) is 0 Å². The van der Waals surface area contributed by atoms with E-state index >= 15 is 0 Å². The first-order valence-electron chi connectivity index (χ1n) is 7.69. The van der Waals surface area contributed by atoms with E-state index < -0.39 is 5.06 Å². The third-order valence-electron chi connectivity index (χ3n) is 3.83. The Balaban J connectivity index is 1.60. The first-order chi connectivity index (χ1) is 11.7. The van der Waals surface area contributed by atoms with E-state index in [0.29, 0.717) is 5.03 Å². The van der Waals surface area contributed by atoms with Gasteiger partial charge in [-0.2, -0.15) is 0 Å². The lowest BCUT2D eigenvalue weighted by Crippen LogP contribution is -2.36. The number of halogens is 2. The molecule has 0 fully saturated rings. The number of hydrogen-bond donors (Lipinski definition) is 0. The van der Waals surface area contributed by atoms with Crippen molar-refractivity contribution in [2.75, 3.05) is 6.79 Å². The van der Waals surface area contributed by atoms with E-state index in [2.05, 4.69) is 4.98 Å². The summed E-state index contributed by atoms with van der Waals surface area (Å²) in [5, 5.41) is -0.468. The second-order valence-corrected chi connectivity index (χ2v) is 6.53. The van der Waals surface area contributed by atoms with Gasteiger partial charge < -0.3 is 14.0 Å². The van der Waals surface area contributed by atoms with Gasteiger partial charge in [0.1, 0.15) is 5.75 Å². The predicted octanol–water partition coefficient (Wildman–Crippen LogP) is 4.57. The molecule has 4 nitrogen and oxygen atoms in total. The molecule has 6 heteroatoms. The summed E-state index contributed by atoms with van der Waals surface area (Å²) in [5.74, 6) is 0.706. The van der Waals surface area contributed by atoms with Crippen molar-refractivity contribution in [1.82, 2.24) is 9.55 Å². The largest absolute Gasteiger partial charge is 0.467 e. The van der Waals surface area contributed by atoms with E-state index in [1.807, 2.05) is 53.2 Å². The Kier molecular flexibility index (Phi) is 5.61. The van der Waals surface area contributed by atoms with E-state index in [-0.39, 0.29) is 12.7 Å². The lowest BCUT2D eigenvalue weighted by molar-refractivity contribution is -0.0567. The molecule has 1 aromatic carbocycles. The van der Waals surface area contributed by atoms with Crippen LogP contribution in [0.1, 0.15) is 6.42 Å². The van der Waals surface area contributed by atoms with Gasteiger partial charge in [-0.05, 0) is 30.7 Å².